The Balaban J connectivity index is 1.44. The molecule has 1 aliphatic heterocycles. The van der Waals surface area contributed by atoms with Crippen molar-refractivity contribution < 1.29 is 5.11 Å². The van der Waals surface area contributed by atoms with Crippen LogP contribution in [0, 0.1) is 0 Å². The van der Waals surface area contributed by atoms with E-state index in [9.17, 15) is 9.90 Å². The minimum absolute atomic E-state index is 0.0280. The molecule has 0 spiro atoms. The first-order valence-corrected chi connectivity index (χ1v) is 12.7. The first-order valence-electron chi connectivity index (χ1n) is 12.7. The normalized spacial score (nSPS) is 24.6. The van der Waals surface area contributed by atoms with Gasteiger partial charge in [0.25, 0.3) is 5.56 Å². The summed E-state index contributed by atoms with van der Waals surface area (Å²) in [5.74, 6) is 0.602. The van der Waals surface area contributed by atoms with Crippen LogP contribution in [0.4, 0.5) is 5.95 Å². The molecule has 8 nitrogen and oxygen atoms in total. The summed E-state index contributed by atoms with van der Waals surface area (Å²) < 4.78 is 1.91. The molecule has 3 fully saturated rings. The first kappa shape index (κ1) is 21.9. The van der Waals surface area contributed by atoms with Gasteiger partial charge in [-0.2, -0.15) is 4.98 Å². The summed E-state index contributed by atoms with van der Waals surface area (Å²) in [7, 11) is 2.17. The van der Waals surface area contributed by atoms with E-state index in [0.29, 0.717) is 17.6 Å². The molecular weight excluding hydrogens is 428 g/mol. The van der Waals surface area contributed by atoms with Crippen LogP contribution in [0.25, 0.3) is 21.8 Å². The minimum atomic E-state index is -0.268. The summed E-state index contributed by atoms with van der Waals surface area (Å²) in [6.45, 7) is 5.11. The standard InChI is InChI=1S/C26H34N6O2/c1-30-10-12-31(13-11-30)16-17-2-9-21-22(14-17)25(34)32(19-5-7-20(33)8-6-19)24-23(21)15-27-26(29-24)28-18-3-4-18/h2,9,14-15,18-20,33H,3-8,10-13,16H2,1H3,(H,27,28,29)/t19-,20-. The zero-order valence-electron chi connectivity index (χ0n) is 19.9. The van der Waals surface area contributed by atoms with Crippen LogP contribution in [0.2, 0.25) is 0 Å². The third-order valence-electron chi connectivity index (χ3n) is 7.76. The number of aromatic nitrogens is 3. The van der Waals surface area contributed by atoms with Crippen molar-refractivity contribution in [3.63, 3.8) is 0 Å². The summed E-state index contributed by atoms with van der Waals surface area (Å²) in [5, 5.41) is 16.0. The van der Waals surface area contributed by atoms with Crippen LogP contribution in [-0.4, -0.2) is 74.8 Å². The molecular formula is C26H34N6O2. The Labute approximate surface area is 199 Å². The Morgan fingerprint density at radius 1 is 1.00 bits per heavy atom. The van der Waals surface area contributed by atoms with E-state index in [1.807, 2.05) is 10.8 Å². The second-order valence-corrected chi connectivity index (χ2v) is 10.4. The van der Waals surface area contributed by atoms with Gasteiger partial charge in [-0.15, -0.1) is 0 Å². The number of likely N-dealkylation sites (N-methyl/N-ethyl adjacent to an activating group) is 1. The number of hydrogen-bond acceptors (Lipinski definition) is 7. The van der Waals surface area contributed by atoms with Gasteiger partial charge < -0.3 is 15.3 Å². The molecule has 1 aromatic carbocycles. The lowest BCUT2D eigenvalue weighted by atomic mass is 9.92. The van der Waals surface area contributed by atoms with Crippen molar-refractivity contribution in [2.45, 2.75) is 63.3 Å². The lowest BCUT2D eigenvalue weighted by molar-refractivity contribution is 0.111. The minimum Gasteiger partial charge on any atom is -0.393 e. The fourth-order valence-electron chi connectivity index (χ4n) is 5.47. The lowest BCUT2D eigenvalue weighted by Gasteiger charge is -2.32. The van der Waals surface area contributed by atoms with Gasteiger partial charge in [0.05, 0.1) is 6.10 Å². The largest absolute Gasteiger partial charge is 0.393 e. The Hall–Kier alpha value is -2.55. The first-order chi connectivity index (χ1) is 16.5. The van der Waals surface area contributed by atoms with E-state index >= 15 is 0 Å². The number of aliphatic hydroxyl groups is 1. The number of aliphatic hydroxyl groups excluding tert-OH is 1. The molecule has 0 amide bonds. The van der Waals surface area contributed by atoms with Crippen LogP contribution in [0.3, 0.4) is 0 Å². The summed E-state index contributed by atoms with van der Waals surface area (Å²) >= 11 is 0. The molecule has 2 aromatic heterocycles. The van der Waals surface area contributed by atoms with E-state index in [-0.39, 0.29) is 17.7 Å². The van der Waals surface area contributed by atoms with Crippen LogP contribution in [0.15, 0.2) is 29.2 Å². The molecule has 3 aliphatic rings. The second-order valence-electron chi connectivity index (χ2n) is 10.4. The number of benzene rings is 1. The molecule has 2 aliphatic carbocycles. The van der Waals surface area contributed by atoms with Crippen LogP contribution < -0.4 is 10.9 Å². The fraction of sp³-hybridized carbons (Fsp3) is 0.577. The summed E-state index contributed by atoms with van der Waals surface area (Å²) in [5.41, 5.74) is 1.91. The van der Waals surface area contributed by atoms with Crippen LogP contribution in [0.5, 0.6) is 0 Å². The molecule has 3 heterocycles. The van der Waals surface area contributed by atoms with E-state index in [4.69, 9.17) is 4.98 Å². The van der Waals surface area contributed by atoms with Gasteiger partial charge in [-0.25, -0.2) is 4.98 Å². The molecule has 34 heavy (non-hydrogen) atoms. The van der Waals surface area contributed by atoms with Gasteiger partial charge in [0.1, 0.15) is 5.65 Å². The van der Waals surface area contributed by atoms with Crippen LogP contribution in [-0.2, 0) is 6.54 Å². The van der Waals surface area contributed by atoms with E-state index in [1.54, 1.807) is 0 Å². The van der Waals surface area contributed by atoms with Crippen molar-refractivity contribution in [1.29, 1.82) is 0 Å². The molecule has 8 heteroatoms. The lowest BCUT2D eigenvalue weighted by Crippen LogP contribution is -2.43. The average Bonchev–Trinajstić information content (AvgIpc) is 3.66. The van der Waals surface area contributed by atoms with Crippen molar-refractivity contribution in [2.75, 3.05) is 38.5 Å². The van der Waals surface area contributed by atoms with Gasteiger partial charge in [-0.05, 0) is 62.6 Å². The highest BCUT2D eigenvalue weighted by atomic mass is 16.3. The van der Waals surface area contributed by atoms with Gasteiger partial charge in [-0.3, -0.25) is 14.3 Å². The molecule has 0 radical (unpaired) electrons. The molecule has 2 saturated carbocycles. The molecule has 1 saturated heterocycles. The zero-order chi connectivity index (χ0) is 23.2. The highest BCUT2D eigenvalue weighted by molar-refractivity contribution is 6.04. The number of nitrogens with one attached hydrogen (secondary N) is 1. The molecule has 3 aromatic rings. The van der Waals surface area contributed by atoms with Gasteiger partial charge >= 0.3 is 0 Å². The van der Waals surface area contributed by atoms with Gasteiger partial charge in [0, 0.05) is 61.8 Å². The third-order valence-corrected chi connectivity index (χ3v) is 7.76. The Bertz CT molecular complexity index is 1250. The maximum absolute atomic E-state index is 14.0. The van der Waals surface area contributed by atoms with Crippen molar-refractivity contribution >= 4 is 27.8 Å². The van der Waals surface area contributed by atoms with E-state index in [1.165, 1.54) is 5.56 Å². The molecule has 0 unspecified atom stereocenters. The highest BCUT2D eigenvalue weighted by Gasteiger charge is 2.27. The average molecular weight is 463 g/mol. The van der Waals surface area contributed by atoms with Crippen molar-refractivity contribution in [3.05, 3.63) is 40.3 Å². The quantitative estimate of drug-likeness (QED) is 0.564. The Morgan fingerprint density at radius 2 is 1.76 bits per heavy atom. The smallest absolute Gasteiger partial charge is 0.260 e. The molecule has 0 atom stereocenters. The van der Waals surface area contributed by atoms with Crippen molar-refractivity contribution in [3.8, 4) is 0 Å². The van der Waals surface area contributed by atoms with Crippen molar-refractivity contribution in [1.82, 2.24) is 24.3 Å². The zero-order valence-corrected chi connectivity index (χ0v) is 19.9. The van der Waals surface area contributed by atoms with Crippen LogP contribution >= 0.6 is 0 Å². The summed E-state index contributed by atoms with van der Waals surface area (Å²) in [4.78, 5) is 28.2. The molecule has 0 bridgehead atoms. The van der Waals surface area contributed by atoms with Gasteiger partial charge in [-0.1, -0.05) is 12.1 Å². The number of pyridine rings is 1. The summed E-state index contributed by atoms with van der Waals surface area (Å²) in [6.07, 6.45) is 6.91. The number of nitrogens with zero attached hydrogens (tertiary/aromatic N) is 5. The second kappa shape index (κ2) is 8.91. The third kappa shape index (κ3) is 4.30. The SMILES string of the molecule is CN1CCN(Cc2ccc3c(c2)c(=O)n([C@H]2CC[C@H](O)CC2)c2nc(NC4CC4)ncc32)CC1. The van der Waals surface area contributed by atoms with Crippen molar-refractivity contribution in [2.24, 2.45) is 0 Å². The number of rotatable bonds is 5. The highest BCUT2D eigenvalue weighted by Crippen LogP contribution is 2.32. The van der Waals surface area contributed by atoms with E-state index in [2.05, 4.69) is 45.3 Å². The van der Waals surface area contributed by atoms with Gasteiger partial charge in [0.15, 0.2) is 0 Å². The number of hydrogen-bond donors (Lipinski definition) is 2. The number of anilines is 1. The molecule has 2 N–H and O–H groups in total. The number of fused-ring (bicyclic) bond motifs is 3. The summed E-state index contributed by atoms with van der Waals surface area (Å²) in [6, 6.07) is 6.81. The van der Waals surface area contributed by atoms with E-state index in [0.717, 1.165) is 87.4 Å². The van der Waals surface area contributed by atoms with E-state index < -0.39 is 0 Å². The maximum Gasteiger partial charge on any atom is 0.260 e. The number of piperazine rings is 1. The maximum atomic E-state index is 14.0. The Morgan fingerprint density at radius 3 is 2.50 bits per heavy atom. The topological polar surface area (TPSA) is 86.5 Å². The van der Waals surface area contributed by atoms with Crippen LogP contribution in [0.1, 0.15) is 50.1 Å². The van der Waals surface area contributed by atoms with Gasteiger partial charge in [0.2, 0.25) is 5.95 Å². The monoisotopic (exact) mass is 462 g/mol. The Kier molecular flexibility index (Phi) is 5.75. The fourth-order valence-corrected chi connectivity index (χ4v) is 5.47. The molecule has 6 rings (SSSR count). The predicted octanol–water partition coefficient (Wildman–Crippen LogP) is 2.74. The molecule has 180 valence electrons. The predicted molar refractivity (Wildman–Crippen MR) is 134 cm³/mol.